The normalized spacial score (nSPS) is 20.5. The van der Waals surface area contributed by atoms with Gasteiger partial charge in [0.2, 0.25) is 5.91 Å². The molecule has 1 amide bonds. The summed E-state index contributed by atoms with van der Waals surface area (Å²) in [5.41, 5.74) is -1.52. The molecular weight excluding hydrogens is 579 g/mol. The molecule has 7 nitrogen and oxygen atoms in total. The van der Waals surface area contributed by atoms with Crippen LogP contribution in [0.15, 0.2) is 51.5 Å². The molecule has 5 rings (SSSR count). The molecule has 0 N–H and O–H groups in total. The first-order valence-electron chi connectivity index (χ1n) is 12.2. The van der Waals surface area contributed by atoms with Crippen molar-refractivity contribution < 1.29 is 31.5 Å². The summed E-state index contributed by atoms with van der Waals surface area (Å²) in [4.78, 5) is 32.8. The zero-order valence-corrected chi connectivity index (χ0v) is 22.8. The number of amides is 1. The molecule has 3 heterocycles. The first-order valence-corrected chi connectivity index (χ1v) is 14.1. The molecule has 2 aromatic carbocycles. The lowest BCUT2D eigenvalue weighted by molar-refractivity contribution is -0.137. The second-order valence-corrected chi connectivity index (χ2v) is 12.0. The number of alkyl halides is 3. The van der Waals surface area contributed by atoms with E-state index in [1.165, 1.54) is 22.7 Å². The SMILES string of the molecule is C=CC(=O)N1CCN(c2nc(=O)n3c4c(cc(C(F)(F)F)cc24)[SH](c2cc(Cl)c(F)cc2F)C[C@@H](OC)C3)CC1. The van der Waals surface area contributed by atoms with Crippen LogP contribution in [0.2, 0.25) is 5.02 Å². The fourth-order valence-electron chi connectivity index (χ4n) is 5.09. The molecule has 0 spiro atoms. The van der Waals surface area contributed by atoms with E-state index in [1.807, 2.05) is 0 Å². The van der Waals surface area contributed by atoms with Crippen molar-refractivity contribution in [2.75, 3.05) is 43.9 Å². The predicted octanol–water partition coefficient (Wildman–Crippen LogP) is 4.63. The number of methoxy groups -OCH3 is 1. The monoisotopic (exact) mass is 602 g/mol. The van der Waals surface area contributed by atoms with Crippen LogP contribution in [0.1, 0.15) is 5.56 Å². The number of aromatic nitrogens is 2. The van der Waals surface area contributed by atoms with E-state index in [1.54, 1.807) is 4.90 Å². The van der Waals surface area contributed by atoms with E-state index >= 15 is 4.39 Å². The number of carbonyl (C=O) groups excluding carboxylic acids is 1. The van der Waals surface area contributed by atoms with Crippen LogP contribution in [0.25, 0.3) is 10.9 Å². The summed E-state index contributed by atoms with van der Waals surface area (Å²) in [7, 11) is -0.552. The molecule has 0 saturated carbocycles. The molecule has 1 fully saturated rings. The number of anilines is 1. The zero-order chi connectivity index (χ0) is 28.9. The summed E-state index contributed by atoms with van der Waals surface area (Å²) in [5, 5.41) is -0.314. The van der Waals surface area contributed by atoms with Gasteiger partial charge >= 0.3 is 11.9 Å². The smallest absolute Gasteiger partial charge is 0.379 e. The number of hydrogen-bond donors (Lipinski definition) is 1. The molecule has 40 heavy (non-hydrogen) atoms. The third-order valence-electron chi connectivity index (χ3n) is 7.10. The maximum Gasteiger partial charge on any atom is 0.416 e. The maximum absolute atomic E-state index is 15.2. The van der Waals surface area contributed by atoms with Crippen molar-refractivity contribution in [2.24, 2.45) is 0 Å². The van der Waals surface area contributed by atoms with E-state index in [-0.39, 0.29) is 75.9 Å². The van der Waals surface area contributed by atoms with Crippen LogP contribution < -0.4 is 10.6 Å². The van der Waals surface area contributed by atoms with Crippen molar-refractivity contribution in [3.8, 4) is 0 Å². The number of piperazine rings is 1. The molecule has 0 radical (unpaired) electrons. The fourth-order valence-corrected chi connectivity index (χ4v) is 8.05. The number of thiol groups is 1. The lowest BCUT2D eigenvalue weighted by Crippen LogP contribution is -2.49. The third-order valence-corrected chi connectivity index (χ3v) is 10.0. The van der Waals surface area contributed by atoms with Crippen LogP contribution in [0.3, 0.4) is 0 Å². The number of benzene rings is 2. The number of halogens is 6. The Balaban J connectivity index is 1.78. The van der Waals surface area contributed by atoms with Gasteiger partial charge in [-0.15, -0.1) is 0 Å². The Morgan fingerprint density at radius 2 is 1.82 bits per heavy atom. The van der Waals surface area contributed by atoms with Crippen molar-refractivity contribution in [1.29, 1.82) is 0 Å². The minimum atomic E-state index is -4.77. The molecular formula is C26H24ClF5N4O3S. The minimum absolute atomic E-state index is 0.0333. The van der Waals surface area contributed by atoms with E-state index in [2.05, 4.69) is 11.6 Å². The van der Waals surface area contributed by atoms with Gasteiger partial charge in [0.1, 0.15) is 17.5 Å². The van der Waals surface area contributed by atoms with Gasteiger partial charge in [0, 0.05) is 60.3 Å². The lowest BCUT2D eigenvalue weighted by atomic mass is 10.1. The number of carbonyl (C=O) groups is 1. The van der Waals surface area contributed by atoms with Crippen molar-refractivity contribution >= 4 is 45.1 Å². The predicted molar refractivity (Wildman–Crippen MR) is 143 cm³/mol. The van der Waals surface area contributed by atoms with Crippen molar-refractivity contribution in [3.05, 3.63) is 69.6 Å². The largest absolute Gasteiger partial charge is 0.416 e. The van der Waals surface area contributed by atoms with Gasteiger partial charge in [-0.05, 0) is 24.3 Å². The molecule has 214 valence electrons. The van der Waals surface area contributed by atoms with Gasteiger partial charge in [-0.25, -0.2) is 13.6 Å². The molecule has 0 bridgehead atoms. The molecule has 14 heteroatoms. The number of nitrogens with zero attached hydrogens (tertiary/aromatic N) is 4. The van der Waals surface area contributed by atoms with Crippen molar-refractivity contribution in [3.63, 3.8) is 0 Å². The Hall–Kier alpha value is -3.16. The highest BCUT2D eigenvalue weighted by atomic mass is 35.5. The summed E-state index contributed by atoms with van der Waals surface area (Å²) >= 11 is 5.97. The van der Waals surface area contributed by atoms with E-state index in [0.717, 1.165) is 18.2 Å². The summed E-state index contributed by atoms with van der Waals surface area (Å²) in [6.45, 7) is 4.37. The van der Waals surface area contributed by atoms with Gasteiger partial charge < -0.3 is 14.5 Å². The van der Waals surface area contributed by atoms with Gasteiger partial charge in [-0.3, -0.25) is 9.36 Å². The highest BCUT2D eigenvalue weighted by Crippen LogP contribution is 2.53. The number of rotatable bonds is 4. The van der Waals surface area contributed by atoms with Crippen LogP contribution in [0, 0.1) is 11.6 Å². The quantitative estimate of drug-likeness (QED) is 0.204. The minimum Gasteiger partial charge on any atom is -0.379 e. The standard InChI is InChI=1S/C26H24ClF5N4O3S/c1-3-22(37)34-4-6-35(7-5-34)24-16-8-14(26(30,31)32)9-21-23(16)36(25(38)33-24)12-15(39-2)13-40(21)20-10-17(27)18(28)11-19(20)29/h3,8-11,15,40H,1,4-7,12-13H2,2H3/t15-/m0/s1. The van der Waals surface area contributed by atoms with Crippen LogP contribution in [0.4, 0.5) is 27.8 Å². The fraction of sp³-hybridized carbons (Fsp3) is 0.346. The van der Waals surface area contributed by atoms with Crippen LogP contribution in [0.5, 0.6) is 0 Å². The highest BCUT2D eigenvalue weighted by Gasteiger charge is 2.36. The second kappa shape index (κ2) is 10.7. The molecule has 1 aromatic heterocycles. The van der Waals surface area contributed by atoms with Crippen LogP contribution in [-0.2, 0) is 22.3 Å². The molecule has 1 saturated heterocycles. The van der Waals surface area contributed by atoms with Gasteiger partial charge in [0.15, 0.2) is 0 Å². The van der Waals surface area contributed by atoms with E-state index < -0.39 is 46.1 Å². The van der Waals surface area contributed by atoms with Crippen molar-refractivity contribution in [1.82, 2.24) is 14.5 Å². The summed E-state index contributed by atoms with van der Waals surface area (Å²) in [6.07, 6.45) is -4.28. The Morgan fingerprint density at radius 1 is 1.12 bits per heavy atom. The first-order chi connectivity index (χ1) is 18.9. The molecule has 1 unspecified atom stereocenters. The molecule has 0 aliphatic carbocycles. The van der Waals surface area contributed by atoms with Crippen molar-refractivity contribution in [2.45, 2.75) is 28.6 Å². The van der Waals surface area contributed by atoms with Crippen LogP contribution >= 0.6 is 22.5 Å². The van der Waals surface area contributed by atoms with E-state index in [9.17, 15) is 27.2 Å². The topological polar surface area (TPSA) is 67.7 Å². The molecule has 2 aliphatic heterocycles. The highest BCUT2D eigenvalue weighted by molar-refractivity contribution is 8.17. The Bertz CT molecular complexity index is 1570. The summed E-state index contributed by atoms with van der Waals surface area (Å²) in [6, 6.07) is 3.55. The van der Waals surface area contributed by atoms with Crippen LogP contribution in [-0.4, -0.2) is 65.5 Å². The average Bonchev–Trinajstić information content (AvgIpc) is 3.09. The Kier molecular flexibility index (Phi) is 7.57. The molecule has 3 aromatic rings. The van der Waals surface area contributed by atoms with E-state index in [0.29, 0.717) is 6.07 Å². The first kappa shape index (κ1) is 28.4. The maximum atomic E-state index is 15.2. The summed E-state index contributed by atoms with van der Waals surface area (Å²) < 4.78 is 78.7. The summed E-state index contributed by atoms with van der Waals surface area (Å²) in [5.74, 6) is -2.14. The Morgan fingerprint density at radius 3 is 2.45 bits per heavy atom. The average molecular weight is 603 g/mol. The molecule has 2 atom stereocenters. The van der Waals surface area contributed by atoms with Gasteiger partial charge in [-0.1, -0.05) is 18.2 Å². The number of ether oxygens (including phenoxy) is 1. The van der Waals surface area contributed by atoms with E-state index in [4.69, 9.17) is 16.3 Å². The lowest BCUT2D eigenvalue weighted by Gasteiger charge is -2.35. The third kappa shape index (κ3) is 5.06. The molecule has 2 aliphatic rings. The number of hydrogen-bond acceptors (Lipinski definition) is 5. The zero-order valence-electron chi connectivity index (χ0n) is 21.1. The van der Waals surface area contributed by atoms with Gasteiger partial charge in [0.05, 0.1) is 28.8 Å². The second-order valence-electron chi connectivity index (χ2n) is 9.42. The van der Waals surface area contributed by atoms with Gasteiger partial charge in [0.25, 0.3) is 0 Å². The Labute approximate surface area is 233 Å². The van der Waals surface area contributed by atoms with Gasteiger partial charge in [-0.2, -0.15) is 29.1 Å².